The van der Waals surface area contributed by atoms with Crippen LogP contribution in [0.4, 0.5) is 5.69 Å². The van der Waals surface area contributed by atoms with E-state index in [1.54, 1.807) is 42.5 Å². The molecule has 0 spiro atoms. The summed E-state index contributed by atoms with van der Waals surface area (Å²) in [5, 5.41) is 11.2. The van der Waals surface area contributed by atoms with Gasteiger partial charge in [0.15, 0.2) is 0 Å². The highest BCUT2D eigenvalue weighted by atomic mass is 16.5. The highest BCUT2D eigenvalue weighted by molar-refractivity contribution is 6.51. The van der Waals surface area contributed by atoms with Crippen LogP contribution in [0.1, 0.15) is 42.3 Å². The molecule has 0 aliphatic carbocycles. The number of hydrogen-bond acceptors (Lipinski definition) is 5. The van der Waals surface area contributed by atoms with E-state index in [0.29, 0.717) is 22.8 Å². The normalized spacial score (nSPS) is 17.9. The van der Waals surface area contributed by atoms with Crippen molar-refractivity contribution in [2.75, 3.05) is 4.90 Å². The zero-order valence-electron chi connectivity index (χ0n) is 18.5. The largest absolute Gasteiger partial charge is 0.507 e. The molecule has 3 aromatic rings. The van der Waals surface area contributed by atoms with E-state index in [0.717, 1.165) is 11.1 Å². The fourth-order valence-corrected chi connectivity index (χ4v) is 3.86. The predicted octanol–water partition coefficient (Wildman–Crippen LogP) is 5.31. The molecule has 1 aromatic heterocycles. The van der Waals surface area contributed by atoms with E-state index in [1.807, 2.05) is 39.8 Å². The molecule has 6 heteroatoms. The molecule has 1 fully saturated rings. The first-order chi connectivity index (χ1) is 15.3. The molecular formula is C26H25NO5. The summed E-state index contributed by atoms with van der Waals surface area (Å²) in [6.45, 7) is 7.67. The van der Waals surface area contributed by atoms with E-state index >= 15 is 0 Å². The number of rotatable bonds is 5. The molecule has 1 amide bonds. The maximum absolute atomic E-state index is 13.1. The number of aryl methyl sites for hydroxylation is 2. The lowest BCUT2D eigenvalue weighted by molar-refractivity contribution is -0.132. The molecule has 32 heavy (non-hydrogen) atoms. The number of hydrogen-bond donors (Lipinski definition) is 1. The summed E-state index contributed by atoms with van der Waals surface area (Å²) in [5.41, 5.74) is 2.80. The van der Waals surface area contributed by atoms with Gasteiger partial charge in [-0.2, -0.15) is 0 Å². The zero-order valence-corrected chi connectivity index (χ0v) is 18.5. The van der Waals surface area contributed by atoms with Crippen molar-refractivity contribution in [3.05, 3.63) is 88.9 Å². The van der Waals surface area contributed by atoms with Crippen LogP contribution in [0, 0.1) is 13.8 Å². The Morgan fingerprint density at radius 3 is 2.38 bits per heavy atom. The molecule has 0 saturated carbocycles. The number of carbonyl (C=O) groups is 2. The zero-order chi connectivity index (χ0) is 23.0. The molecule has 2 aromatic carbocycles. The molecule has 1 saturated heterocycles. The van der Waals surface area contributed by atoms with Gasteiger partial charge in [-0.05, 0) is 75.7 Å². The Morgan fingerprint density at radius 1 is 1.06 bits per heavy atom. The average Bonchev–Trinajstić information content (AvgIpc) is 3.37. The minimum absolute atomic E-state index is 0.00642. The van der Waals surface area contributed by atoms with E-state index < -0.39 is 17.7 Å². The van der Waals surface area contributed by atoms with Gasteiger partial charge >= 0.3 is 0 Å². The van der Waals surface area contributed by atoms with Gasteiger partial charge in [0.2, 0.25) is 0 Å². The van der Waals surface area contributed by atoms with Gasteiger partial charge in [-0.15, -0.1) is 0 Å². The molecule has 0 radical (unpaired) electrons. The topological polar surface area (TPSA) is 80.0 Å². The van der Waals surface area contributed by atoms with Crippen LogP contribution in [0.5, 0.6) is 5.75 Å². The van der Waals surface area contributed by atoms with Crippen LogP contribution in [0.3, 0.4) is 0 Å². The first-order valence-electron chi connectivity index (χ1n) is 10.5. The Kier molecular flexibility index (Phi) is 5.61. The van der Waals surface area contributed by atoms with E-state index in [-0.39, 0.29) is 17.4 Å². The summed E-state index contributed by atoms with van der Waals surface area (Å²) >= 11 is 0. The average molecular weight is 431 g/mol. The van der Waals surface area contributed by atoms with Crippen molar-refractivity contribution in [3.63, 3.8) is 0 Å². The minimum atomic E-state index is -0.875. The van der Waals surface area contributed by atoms with Crippen molar-refractivity contribution in [2.24, 2.45) is 0 Å². The molecule has 2 heterocycles. The Bertz CT molecular complexity index is 1190. The van der Waals surface area contributed by atoms with Crippen LogP contribution < -0.4 is 9.64 Å². The lowest BCUT2D eigenvalue weighted by atomic mass is 9.98. The summed E-state index contributed by atoms with van der Waals surface area (Å²) in [7, 11) is 0. The van der Waals surface area contributed by atoms with Crippen LogP contribution in [0.15, 0.2) is 70.9 Å². The second-order valence-corrected chi connectivity index (χ2v) is 8.17. The monoisotopic (exact) mass is 431 g/mol. The number of anilines is 1. The molecule has 164 valence electrons. The van der Waals surface area contributed by atoms with Gasteiger partial charge < -0.3 is 14.3 Å². The number of benzene rings is 2. The van der Waals surface area contributed by atoms with Crippen LogP contribution in [0.2, 0.25) is 0 Å². The molecule has 1 aliphatic heterocycles. The third-order valence-corrected chi connectivity index (χ3v) is 5.38. The molecule has 1 atom stereocenters. The van der Waals surface area contributed by atoms with E-state index in [2.05, 4.69) is 0 Å². The fourth-order valence-electron chi connectivity index (χ4n) is 3.86. The van der Waals surface area contributed by atoms with E-state index in [9.17, 15) is 14.7 Å². The first-order valence-corrected chi connectivity index (χ1v) is 10.5. The number of carbonyl (C=O) groups excluding carboxylic acids is 2. The Hall–Kier alpha value is -3.80. The van der Waals surface area contributed by atoms with Crippen molar-refractivity contribution < 1.29 is 23.8 Å². The highest BCUT2D eigenvalue weighted by Gasteiger charge is 2.48. The highest BCUT2D eigenvalue weighted by Crippen LogP contribution is 2.42. The third-order valence-electron chi connectivity index (χ3n) is 5.38. The fraction of sp³-hybridized carbons (Fsp3) is 0.231. The summed E-state index contributed by atoms with van der Waals surface area (Å²) in [5.74, 6) is -0.640. The van der Waals surface area contributed by atoms with Crippen molar-refractivity contribution in [3.8, 4) is 5.75 Å². The Labute approximate surface area is 186 Å². The molecule has 4 rings (SSSR count). The van der Waals surface area contributed by atoms with Gasteiger partial charge in [0, 0.05) is 11.3 Å². The second-order valence-electron chi connectivity index (χ2n) is 8.17. The van der Waals surface area contributed by atoms with Gasteiger partial charge in [-0.3, -0.25) is 14.5 Å². The van der Waals surface area contributed by atoms with Gasteiger partial charge in [0.05, 0.1) is 17.9 Å². The van der Waals surface area contributed by atoms with Gasteiger partial charge in [0.25, 0.3) is 11.7 Å². The molecule has 6 nitrogen and oxygen atoms in total. The minimum Gasteiger partial charge on any atom is -0.507 e. The number of ether oxygens (including phenoxy) is 1. The number of aliphatic hydroxyl groups is 1. The predicted molar refractivity (Wildman–Crippen MR) is 122 cm³/mol. The summed E-state index contributed by atoms with van der Waals surface area (Å²) in [4.78, 5) is 27.5. The Balaban J connectivity index is 1.85. The lowest BCUT2D eigenvalue weighted by Gasteiger charge is -2.23. The molecule has 0 bridgehead atoms. The lowest BCUT2D eigenvalue weighted by Crippen LogP contribution is -2.29. The van der Waals surface area contributed by atoms with Crippen LogP contribution >= 0.6 is 0 Å². The number of nitrogens with zero attached hydrogens (tertiary/aromatic N) is 1. The number of furan rings is 1. The van der Waals surface area contributed by atoms with Crippen LogP contribution in [-0.4, -0.2) is 22.9 Å². The van der Waals surface area contributed by atoms with Crippen molar-refractivity contribution in [1.82, 2.24) is 0 Å². The smallest absolute Gasteiger partial charge is 0.300 e. The van der Waals surface area contributed by atoms with Gasteiger partial charge in [-0.25, -0.2) is 0 Å². The van der Waals surface area contributed by atoms with E-state index in [1.165, 1.54) is 11.2 Å². The molecule has 1 unspecified atom stereocenters. The molecule has 1 N–H and O–H groups in total. The van der Waals surface area contributed by atoms with Gasteiger partial charge in [-0.1, -0.05) is 17.7 Å². The number of Topliss-reactive ketones (excluding diaryl/α,β-unsaturated/α-hetero) is 1. The van der Waals surface area contributed by atoms with Crippen molar-refractivity contribution in [2.45, 2.75) is 39.8 Å². The summed E-state index contributed by atoms with van der Waals surface area (Å²) < 4.78 is 11.3. The summed E-state index contributed by atoms with van der Waals surface area (Å²) in [6.07, 6.45) is 1.49. The van der Waals surface area contributed by atoms with E-state index in [4.69, 9.17) is 9.15 Å². The maximum Gasteiger partial charge on any atom is 0.300 e. The molecule has 1 aliphatic rings. The van der Waals surface area contributed by atoms with Crippen LogP contribution in [-0.2, 0) is 9.59 Å². The standard InChI is InChI=1S/C26H25NO5/c1-15(2)32-20-12-9-18(14-17(20)4)24(28)22-23(21-6-5-13-31-21)27(26(30)25(22)29)19-10-7-16(3)8-11-19/h5-15,23,28H,1-4H3/b24-22-. The third kappa shape index (κ3) is 3.80. The first kappa shape index (κ1) is 21.4. The van der Waals surface area contributed by atoms with Crippen molar-refractivity contribution >= 4 is 23.1 Å². The van der Waals surface area contributed by atoms with Crippen LogP contribution in [0.25, 0.3) is 5.76 Å². The van der Waals surface area contributed by atoms with Crippen molar-refractivity contribution in [1.29, 1.82) is 0 Å². The second kappa shape index (κ2) is 8.38. The number of amides is 1. The number of ketones is 1. The Morgan fingerprint density at radius 2 is 1.78 bits per heavy atom. The quantitative estimate of drug-likeness (QED) is 0.336. The maximum atomic E-state index is 13.1. The molecular weight excluding hydrogens is 406 g/mol. The summed E-state index contributed by atoms with van der Waals surface area (Å²) in [6, 6.07) is 15.0. The SMILES string of the molecule is Cc1ccc(N2C(=O)C(=O)/C(=C(\O)c3ccc(OC(C)C)c(C)c3)C2c2ccco2)cc1. The number of aliphatic hydroxyl groups excluding tert-OH is 1. The van der Waals surface area contributed by atoms with Gasteiger partial charge in [0.1, 0.15) is 23.3 Å².